The van der Waals surface area contributed by atoms with Crippen molar-refractivity contribution in [2.75, 3.05) is 20.8 Å². The second kappa shape index (κ2) is 6.14. The fourth-order valence-corrected chi connectivity index (χ4v) is 3.01. The zero-order valence-electron chi connectivity index (χ0n) is 12.0. The second-order valence-corrected chi connectivity index (χ2v) is 6.25. The van der Waals surface area contributed by atoms with E-state index in [1.807, 2.05) is 6.07 Å². The quantitative estimate of drug-likeness (QED) is 0.866. The zero-order chi connectivity index (χ0) is 14.0. The van der Waals surface area contributed by atoms with Crippen molar-refractivity contribution in [3.05, 3.63) is 22.2 Å². The van der Waals surface area contributed by atoms with Gasteiger partial charge in [0.05, 0.1) is 14.2 Å². The summed E-state index contributed by atoms with van der Waals surface area (Å²) in [6, 6.07) is 4.65. The van der Waals surface area contributed by atoms with E-state index in [9.17, 15) is 0 Å². The van der Waals surface area contributed by atoms with E-state index in [-0.39, 0.29) is 0 Å². The predicted molar refractivity (Wildman–Crippen MR) is 81.2 cm³/mol. The van der Waals surface area contributed by atoms with Gasteiger partial charge in [0.2, 0.25) is 0 Å². The molecule has 0 spiro atoms. The molecule has 1 saturated carbocycles. The molecule has 3 nitrogen and oxygen atoms in total. The Morgan fingerprint density at radius 2 is 1.89 bits per heavy atom. The van der Waals surface area contributed by atoms with Gasteiger partial charge in [0.25, 0.3) is 0 Å². The highest BCUT2D eigenvalue weighted by atomic mass is 79.9. The average molecular weight is 328 g/mol. The molecule has 2 rings (SSSR count). The first-order valence-electron chi connectivity index (χ1n) is 6.71. The molecule has 19 heavy (non-hydrogen) atoms. The first kappa shape index (κ1) is 14.7. The average Bonchev–Trinajstić information content (AvgIpc) is 3.15. The fourth-order valence-electron chi connectivity index (χ4n) is 2.40. The predicted octanol–water partition coefficient (Wildman–Crippen LogP) is 3.57. The summed E-state index contributed by atoms with van der Waals surface area (Å²) in [4.78, 5) is 0. The Labute approximate surface area is 123 Å². The highest BCUT2D eigenvalue weighted by Gasteiger charge is 2.39. The van der Waals surface area contributed by atoms with Crippen LogP contribution in [0.15, 0.2) is 16.6 Å². The van der Waals surface area contributed by atoms with Crippen molar-refractivity contribution in [3.8, 4) is 11.5 Å². The van der Waals surface area contributed by atoms with Crippen LogP contribution in [0.4, 0.5) is 0 Å². The number of hydrogen-bond acceptors (Lipinski definition) is 3. The standard InChI is InChI=1S/C15H22BrNO2/c1-9(2)17-8-10-5-11(10)12-6-14(18-3)15(19-4)7-13(12)16/h6-7,9-11,17H,5,8H2,1-4H3. The molecule has 1 aliphatic rings. The molecule has 0 saturated heterocycles. The smallest absolute Gasteiger partial charge is 0.161 e. The van der Waals surface area contributed by atoms with E-state index < -0.39 is 0 Å². The summed E-state index contributed by atoms with van der Waals surface area (Å²) in [5.74, 6) is 2.94. The van der Waals surface area contributed by atoms with Gasteiger partial charge >= 0.3 is 0 Å². The van der Waals surface area contributed by atoms with Gasteiger partial charge in [-0.1, -0.05) is 29.8 Å². The van der Waals surface area contributed by atoms with Gasteiger partial charge < -0.3 is 14.8 Å². The molecule has 0 radical (unpaired) electrons. The molecular weight excluding hydrogens is 306 g/mol. The van der Waals surface area contributed by atoms with Gasteiger partial charge in [-0.2, -0.15) is 0 Å². The van der Waals surface area contributed by atoms with Crippen LogP contribution in [-0.4, -0.2) is 26.8 Å². The molecule has 0 aliphatic heterocycles. The van der Waals surface area contributed by atoms with Gasteiger partial charge in [0.1, 0.15) is 0 Å². The Bertz CT molecular complexity index is 448. The van der Waals surface area contributed by atoms with Crippen LogP contribution in [0.3, 0.4) is 0 Å². The minimum atomic E-state index is 0.551. The topological polar surface area (TPSA) is 30.5 Å². The Morgan fingerprint density at radius 1 is 1.26 bits per heavy atom. The highest BCUT2D eigenvalue weighted by Crippen LogP contribution is 2.51. The van der Waals surface area contributed by atoms with Crippen LogP contribution in [0.25, 0.3) is 0 Å². The molecule has 1 aromatic carbocycles. The molecular formula is C15H22BrNO2. The van der Waals surface area contributed by atoms with Crippen LogP contribution in [0.1, 0.15) is 31.7 Å². The lowest BCUT2D eigenvalue weighted by molar-refractivity contribution is 0.354. The largest absolute Gasteiger partial charge is 0.493 e. The molecule has 1 aliphatic carbocycles. The van der Waals surface area contributed by atoms with Gasteiger partial charge in [-0.05, 0) is 42.5 Å². The van der Waals surface area contributed by atoms with Gasteiger partial charge in [0, 0.05) is 10.5 Å². The van der Waals surface area contributed by atoms with Crippen molar-refractivity contribution < 1.29 is 9.47 Å². The summed E-state index contributed by atoms with van der Waals surface area (Å²) in [5.41, 5.74) is 1.33. The van der Waals surface area contributed by atoms with Crippen LogP contribution in [-0.2, 0) is 0 Å². The van der Waals surface area contributed by atoms with E-state index >= 15 is 0 Å². The maximum atomic E-state index is 5.38. The van der Waals surface area contributed by atoms with Crippen LogP contribution in [0.5, 0.6) is 11.5 Å². The number of hydrogen-bond donors (Lipinski definition) is 1. The summed E-state index contributed by atoms with van der Waals surface area (Å²) < 4.78 is 11.8. The lowest BCUT2D eigenvalue weighted by atomic mass is 10.1. The van der Waals surface area contributed by atoms with Crippen molar-refractivity contribution in [1.29, 1.82) is 0 Å². The van der Waals surface area contributed by atoms with Crippen LogP contribution >= 0.6 is 15.9 Å². The first-order chi connectivity index (χ1) is 9.06. The molecule has 2 atom stereocenters. The van der Waals surface area contributed by atoms with Crippen molar-refractivity contribution >= 4 is 15.9 Å². The summed E-state index contributed by atoms with van der Waals surface area (Å²) in [6.07, 6.45) is 1.24. The van der Waals surface area contributed by atoms with E-state index in [0.29, 0.717) is 12.0 Å². The molecule has 1 fully saturated rings. The summed E-state index contributed by atoms with van der Waals surface area (Å²) in [7, 11) is 3.34. The lowest BCUT2D eigenvalue weighted by Gasteiger charge is -2.12. The third kappa shape index (κ3) is 3.42. The summed E-state index contributed by atoms with van der Waals surface area (Å²) in [5, 5.41) is 3.51. The third-order valence-electron chi connectivity index (χ3n) is 3.61. The van der Waals surface area contributed by atoms with Crippen molar-refractivity contribution in [2.24, 2.45) is 5.92 Å². The fraction of sp³-hybridized carbons (Fsp3) is 0.600. The maximum absolute atomic E-state index is 5.38. The molecule has 106 valence electrons. The van der Waals surface area contributed by atoms with Gasteiger partial charge in [-0.15, -0.1) is 0 Å². The molecule has 2 unspecified atom stereocenters. The molecule has 0 bridgehead atoms. The summed E-state index contributed by atoms with van der Waals surface area (Å²) in [6.45, 7) is 5.45. The van der Waals surface area contributed by atoms with Crippen LogP contribution < -0.4 is 14.8 Å². The molecule has 0 amide bonds. The zero-order valence-corrected chi connectivity index (χ0v) is 13.6. The van der Waals surface area contributed by atoms with Gasteiger partial charge in [0.15, 0.2) is 11.5 Å². The monoisotopic (exact) mass is 327 g/mol. The molecule has 4 heteroatoms. The molecule has 0 heterocycles. The Morgan fingerprint density at radius 3 is 2.47 bits per heavy atom. The Hall–Kier alpha value is -0.740. The third-order valence-corrected chi connectivity index (χ3v) is 4.30. The number of nitrogens with one attached hydrogen (secondary N) is 1. The van der Waals surface area contributed by atoms with Crippen molar-refractivity contribution in [3.63, 3.8) is 0 Å². The van der Waals surface area contributed by atoms with E-state index in [1.165, 1.54) is 12.0 Å². The number of methoxy groups -OCH3 is 2. The Kier molecular flexibility index (Phi) is 4.74. The van der Waals surface area contributed by atoms with Crippen molar-refractivity contribution in [2.45, 2.75) is 32.2 Å². The number of halogens is 1. The highest BCUT2D eigenvalue weighted by molar-refractivity contribution is 9.10. The van der Waals surface area contributed by atoms with Gasteiger partial charge in [-0.25, -0.2) is 0 Å². The first-order valence-corrected chi connectivity index (χ1v) is 7.51. The summed E-state index contributed by atoms with van der Waals surface area (Å²) >= 11 is 3.64. The molecule has 0 aromatic heterocycles. The van der Waals surface area contributed by atoms with Crippen LogP contribution in [0, 0.1) is 5.92 Å². The van der Waals surface area contributed by atoms with E-state index in [1.54, 1.807) is 14.2 Å². The number of rotatable bonds is 6. The minimum Gasteiger partial charge on any atom is -0.493 e. The van der Waals surface area contributed by atoms with E-state index in [2.05, 4.69) is 41.2 Å². The van der Waals surface area contributed by atoms with Crippen LogP contribution in [0.2, 0.25) is 0 Å². The normalized spacial score (nSPS) is 21.6. The maximum Gasteiger partial charge on any atom is 0.161 e. The van der Waals surface area contributed by atoms with Crippen molar-refractivity contribution in [1.82, 2.24) is 5.32 Å². The van der Waals surface area contributed by atoms with Gasteiger partial charge in [-0.3, -0.25) is 0 Å². The van der Waals surface area contributed by atoms with E-state index in [4.69, 9.17) is 9.47 Å². The number of ether oxygens (including phenoxy) is 2. The lowest BCUT2D eigenvalue weighted by Crippen LogP contribution is -2.25. The minimum absolute atomic E-state index is 0.551. The second-order valence-electron chi connectivity index (χ2n) is 5.39. The van der Waals surface area contributed by atoms with E-state index in [0.717, 1.165) is 28.4 Å². The SMILES string of the molecule is COc1cc(Br)c(C2CC2CNC(C)C)cc1OC. The number of benzene rings is 1. The molecule has 1 N–H and O–H groups in total. The Balaban J connectivity index is 2.09. The molecule has 1 aromatic rings.